The van der Waals surface area contributed by atoms with Crippen LogP contribution in [0, 0.1) is 5.41 Å². The predicted molar refractivity (Wildman–Crippen MR) is 77.6 cm³/mol. The molecule has 0 bridgehead atoms. The van der Waals surface area contributed by atoms with E-state index < -0.39 is 12.0 Å². The number of benzene rings is 1. The van der Waals surface area contributed by atoms with Crippen LogP contribution in [0.1, 0.15) is 24.3 Å². The lowest BCUT2D eigenvalue weighted by Gasteiger charge is -2.59. The van der Waals surface area contributed by atoms with E-state index in [2.05, 4.69) is 4.90 Å². The molecule has 2 heterocycles. The molecule has 6 heteroatoms. The van der Waals surface area contributed by atoms with Crippen molar-refractivity contribution in [2.75, 3.05) is 31.1 Å². The predicted octanol–water partition coefficient (Wildman–Crippen LogP) is 3.00. The minimum absolute atomic E-state index is 0.0294. The number of anilines is 1. The van der Waals surface area contributed by atoms with E-state index in [1.807, 2.05) is 24.3 Å². The highest BCUT2D eigenvalue weighted by Crippen LogP contribution is 2.57. The Labute approximate surface area is 127 Å². The molecule has 1 N–H and O–H groups in total. The maximum absolute atomic E-state index is 13.0. The fourth-order valence-corrected chi connectivity index (χ4v) is 4.02. The van der Waals surface area contributed by atoms with Crippen molar-refractivity contribution >= 4 is 11.8 Å². The first-order chi connectivity index (χ1) is 10.4. The van der Waals surface area contributed by atoms with Crippen LogP contribution in [0.25, 0.3) is 0 Å². The van der Waals surface area contributed by atoms with Crippen LogP contribution < -0.4 is 4.90 Å². The van der Waals surface area contributed by atoms with Crippen LogP contribution >= 0.6 is 0 Å². The third kappa shape index (κ3) is 2.12. The highest BCUT2D eigenvalue weighted by molar-refractivity contribution is 5.66. The van der Waals surface area contributed by atoms with Gasteiger partial charge >= 0.3 is 6.09 Å². The van der Waals surface area contributed by atoms with Crippen molar-refractivity contribution in [3.63, 3.8) is 0 Å². The second-order valence-electron chi connectivity index (χ2n) is 7.04. The number of hydrogen-bond acceptors (Lipinski definition) is 2. The van der Waals surface area contributed by atoms with E-state index in [1.54, 1.807) is 0 Å². The van der Waals surface area contributed by atoms with Gasteiger partial charge in [0.1, 0.15) is 0 Å². The second kappa shape index (κ2) is 4.33. The standard InChI is InChI=1S/C16H18F2N2O2/c17-16(18)7-15(8-16)9-20(10-15)13-3-1-11(2-4-13)12-5-19(6-12)14(21)22/h1-4,12H,5-10H2,(H,21,22). The van der Waals surface area contributed by atoms with E-state index in [9.17, 15) is 13.6 Å². The minimum atomic E-state index is -2.45. The van der Waals surface area contributed by atoms with Crippen molar-refractivity contribution in [3.05, 3.63) is 29.8 Å². The number of carbonyl (C=O) groups is 1. The minimum Gasteiger partial charge on any atom is -0.465 e. The molecule has 1 amide bonds. The Kier molecular flexibility index (Phi) is 2.72. The SMILES string of the molecule is O=C(O)N1CC(c2ccc(N3CC4(C3)CC(F)(F)C4)cc2)C1. The van der Waals surface area contributed by atoms with E-state index in [-0.39, 0.29) is 24.2 Å². The molecular formula is C16H18F2N2O2. The van der Waals surface area contributed by atoms with Crippen molar-refractivity contribution in [1.29, 1.82) is 0 Å². The van der Waals surface area contributed by atoms with Crippen LogP contribution in [0.5, 0.6) is 0 Å². The molecule has 1 aliphatic carbocycles. The average molecular weight is 308 g/mol. The highest BCUT2D eigenvalue weighted by Gasteiger charge is 2.61. The molecule has 3 aliphatic rings. The molecule has 0 radical (unpaired) electrons. The summed E-state index contributed by atoms with van der Waals surface area (Å²) in [5.41, 5.74) is 2.06. The van der Waals surface area contributed by atoms with E-state index in [0.29, 0.717) is 13.1 Å². The Morgan fingerprint density at radius 1 is 1.14 bits per heavy atom. The van der Waals surface area contributed by atoms with Crippen molar-refractivity contribution in [2.45, 2.75) is 24.7 Å². The normalized spacial score (nSPS) is 25.4. The number of alkyl halides is 2. The molecule has 0 atom stereocenters. The molecule has 1 aromatic rings. The molecule has 22 heavy (non-hydrogen) atoms. The molecule has 2 aliphatic heterocycles. The molecular weight excluding hydrogens is 290 g/mol. The number of carboxylic acid groups (broad SMARTS) is 1. The number of nitrogens with zero attached hydrogens (tertiary/aromatic N) is 2. The topological polar surface area (TPSA) is 43.8 Å². The second-order valence-corrected chi connectivity index (χ2v) is 7.04. The quantitative estimate of drug-likeness (QED) is 0.913. The average Bonchev–Trinajstić information content (AvgIpc) is 2.31. The summed E-state index contributed by atoms with van der Waals surface area (Å²) in [6.45, 7) is 2.55. The number of halogens is 2. The Balaban J connectivity index is 1.33. The van der Waals surface area contributed by atoms with Crippen LogP contribution in [0.4, 0.5) is 19.3 Å². The van der Waals surface area contributed by atoms with Gasteiger partial charge in [-0.25, -0.2) is 13.6 Å². The largest absolute Gasteiger partial charge is 0.465 e. The zero-order chi connectivity index (χ0) is 15.5. The van der Waals surface area contributed by atoms with E-state index in [0.717, 1.165) is 24.3 Å². The van der Waals surface area contributed by atoms with Gasteiger partial charge in [-0.05, 0) is 17.7 Å². The smallest absolute Gasteiger partial charge is 0.407 e. The van der Waals surface area contributed by atoms with Gasteiger partial charge in [0.05, 0.1) is 0 Å². The summed E-state index contributed by atoms with van der Waals surface area (Å²) in [5.74, 6) is -2.17. The summed E-state index contributed by atoms with van der Waals surface area (Å²) in [5, 5.41) is 8.84. The highest BCUT2D eigenvalue weighted by atomic mass is 19.3. The Morgan fingerprint density at radius 2 is 1.73 bits per heavy atom. The van der Waals surface area contributed by atoms with Gasteiger partial charge in [-0.2, -0.15) is 0 Å². The van der Waals surface area contributed by atoms with Gasteiger partial charge in [-0.1, -0.05) is 12.1 Å². The van der Waals surface area contributed by atoms with Gasteiger partial charge in [-0.15, -0.1) is 0 Å². The summed E-state index contributed by atoms with van der Waals surface area (Å²) >= 11 is 0. The molecule has 118 valence electrons. The first-order valence-electron chi connectivity index (χ1n) is 7.57. The van der Waals surface area contributed by atoms with Crippen LogP contribution in [-0.4, -0.2) is 48.2 Å². The molecule has 0 aromatic heterocycles. The fourth-order valence-electron chi connectivity index (χ4n) is 4.02. The Hall–Kier alpha value is -1.85. The number of likely N-dealkylation sites (tertiary alicyclic amines) is 1. The number of rotatable bonds is 2. The summed E-state index contributed by atoms with van der Waals surface area (Å²) in [6.07, 6.45) is -0.806. The van der Waals surface area contributed by atoms with E-state index in [4.69, 9.17) is 5.11 Å². The summed E-state index contributed by atoms with van der Waals surface area (Å²) in [4.78, 5) is 14.3. The lowest BCUT2D eigenvalue weighted by atomic mass is 9.61. The molecule has 4 rings (SSSR count). The van der Waals surface area contributed by atoms with E-state index >= 15 is 0 Å². The van der Waals surface area contributed by atoms with Gasteiger partial charge in [-0.3, -0.25) is 0 Å². The third-order valence-corrected chi connectivity index (χ3v) is 5.20. The summed E-state index contributed by atoms with van der Waals surface area (Å²) in [7, 11) is 0. The van der Waals surface area contributed by atoms with Crippen molar-refractivity contribution in [3.8, 4) is 0 Å². The van der Waals surface area contributed by atoms with Crippen molar-refractivity contribution in [2.24, 2.45) is 5.41 Å². The van der Waals surface area contributed by atoms with Crippen LogP contribution in [-0.2, 0) is 0 Å². The van der Waals surface area contributed by atoms with Gasteiger partial charge in [0, 0.05) is 56.0 Å². The Morgan fingerprint density at radius 3 is 2.23 bits per heavy atom. The lowest BCUT2D eigenvalue weighted by molar-refractivity contribution is -0.170. The first kappa shape index (κ1) is 13.8. The number of amides is 1. The lowest BCUT2D eigenvalue weighted by Crippen LogP contribution is -2.66. The summed E-state index contributed by atoms with van der Waals surface area (Å²) in [6, 6.07) is 8.09. The number of hydrogen-bond donors (Lipinski definition) is 1. The van der Waals surface area contributed by atoms with Crippen molar-refractivity contribution < 1.29 is 18.7 Å². The van der Waals surface area contributed by atoms with Crippen LogP contribution in [0.2, 0.25) is 0 Å². The van der Waals surface area contributed by atoms with Crippen LogP contribution in [0.15, 0.2) is 24.3 Å². The van der Waals surface area contributed by atoms with Gasteiger partial charge in [0.2, 0.25) is 5.92 Å². The monoisotopic (exact) mass is 308 g/mol. The molecule has 0 unspecified atom stereocenters. The fraction of sp³-hybridized carbons (Fsp3) is 0.562. The zero-order valence-corrected chi connectivity index (χ0v) is 12.1. The maximum Gasteiger partial charge on any atom is 0.407 e. The molecule has 2 saturated heterocycles. The van der Waals surface area contributed by atoms with Gasteiger partial charge in [0.15, 0.2) is 0 Å². The Bertz CT molecular complexity index is 595. The van der Waals surface area contributed by atoms with E-state index in [1.165, 1.54) is 4.90 Å². The summed E-state index contributed by atoms with van der Waals surface area (Å²) < 4.78 is 26.0. The maximum atomic E-state index is 13.0. The molecule has 1 saturated carbocycles. The van der Waals surface area contributed by atoms with Gasteiger partial charge < -0.3 is 14.9 Å². The van der Waals surface area contributed by atoms with Crippen LogP contribution in [0.3, 0.4) is 0 Å². The third-order valence-electron chi connectivity index (χ3n) is 5.20. The van der Waals surface area contributed by atoms with Crippen molar-refractivity contribution in [1.82, 2.24) is 4.90 Å². The molecule has 3 fully saturated rings. The zero-order valence-electron chi connectivity index (χ0n) is 12.1. The molecule has 4 nitrogen and oxygen atoms in total. The van der Waals surface area contributed by atoms with Gasteiger partial charge in [0.25, 0.3) is 0 Å². The first-order valence-corrected chi connectivity index (χ1v) is 7.57. The molecule has 1 spiro atoms. The molecule has 1 aromatic carbocycles.